The second-order valence-electron chi connectivity index (χ2n) is 6.61. The van der Waals surface area contributed by atoms with Gasteiger partial charge in [-0.3, -0.25) is 4.79 Å². The van der Waals surface area contributed by atoms with Crippen molar-refractivity contribution >= 4 is 5.78 Å². The lowest BCUT2D eigenvalue weighted by molar-refractivity contribution is 0.103. The summed E-state index contributed by atoms with van der Waals surface area (Å²) in [5.41, 5.74) is 2.70. The lowest BCUT2D eigenvalue weighted by atomic mass is 10.0. The molecule has 0 spiro atoms. The molecule has 0 aliphatic heterocycles. The van der Waals surface area contributed by atoms with Crippen LogP contribution >= 0.6 is 0 Å². The van der Waals surface area contributed by atoms with Gasteiger partial charge in [-0.15, -0.1) is 0 Å². The molecular weight excluding hydrogens is 334 g/mol. The van der Waals surface area contributed by atoms with Crippen LogP contribution in [-0.4, -0.2) is 25.0 Å². The number of hydrogen-bond donors (Lipinski definition) is 1. The first-order valence-electron chi connectivity index (χ1n) is 9.32. The number of carbonyl (C=O) groups is 1. The summed E-state index contributed by atoms with van der Waals surface area (Å²) in [6, 6.07) is 27.5. The van der Waals surface area contributed by atoms with Crippen molar-refractivity contribution in [1.29, 1.82) is 0 Å². The maximum absolute atomic E-state index is 12.4. The van der Waals surface area contributed by atoms with E-state index in [1.54, 1.807) is 0 Å². The van der Waals surface area contributed by atoms with E-state index in [4.69, 9.17) is 4.74 Å². The van der Waals surface area contributed by atoms with Crippen molar-refractivity contribution in [3.63, 3.8) is 0 Å². The van der Waals surface area contributed by atoms with Crippen molar-refractivity contribution in [3.8, 4) is 5.75 Å². The Balaban J connectivity index is 1.42. The van der Waals surface area contributed by atoms with Gasteiger partial charge >= 0.3 is 0 Å². The van der Waals surface area contributed by atoms with Gasteiger partial charge in [-0.05, 0) is 43.2 Å². The largest absolute Gasteiger partial charge is 0.492 e. The molecular formula is C24H25NO2. The molecule has 0 aromatic heterocycles. The van der Waals surface area contributed by atoms with Crippen molar-refractivity contribution in [1.82, 2.24) is 5.32 Å². The first kappa shape index (κ1) is 18.9. The standard InChI is InChI=1S/C24H25NO2/c1-19(18-20-8-4-2-5-9-20)25-16-17-27-23-14-12-22(13-15-23)24(26)21-10-6-3-7-11-21/h2-15,19,25H,16-18H2,1H3. The quantitative estimate of drug-likeness (QED) is 0.451. The highest BCUT2D eigenvalue weighted by Gasteiger charge is 2.08. The Morgan fingerprint density at radius 3 is 2.11 bits per heavy atom. The minimum Gasteiger partial charge on any atom is -0.492 e. The van der Waals surface area contributed by atoms with Crippen LogP contribution in [0.5, 0.6) is 5.75 Å². The van der Waals surface area contributed by atoms with Crippen LogP contribution in [0.25, 0.3) is 0 Å². The van der Waals surface area contributed by atoms with E-state index >= 15 is 0 Å². The third kappa shape index (κ3) is 5.80. The number of ketones is 1. The zero-order chi connectivity index (χ0) is 18.9. The molecule has 0 amide bonds. The molecule has 0 radical (unpaired) electrons. The first-order valence-corrected chi connectivity index (χ1v) is 9.32. The van der Waals surface area contributed by atoms with Gasteiger partial charge in [0.2, 0.25) is 0 Å². The lowest BCUT2D eigenvalue weighted by Gasteiger charge is -2.14. The van der Waals surface area contributed by atoms with Gasteiger partial charge < -0.3 is 10.1 Å². The zero-order valence-electron chi connectivity index (χ0n) is 15.6. The van der Waals surface area contributed by atoms with E-state index in [0.29, 0.717) is 23.8 Å². The van der Waals surface area contributed by atoms with E-state index in [9.17, 15) is 4.79 Å². The van der Waals surface area contributed by atoms with Crippen molar-refractivity contribution in [2.24, 2.45) is 0 Å². The number of ether oxygens (including phenoxy) is 1. The van der Waals surface area contributed by atoms with Gasteiger partial charge in [0, 0.05) is 23.7 Å². The number of nitrogens with one attached hydrogen (secondary N) is 1. The third-order valence-corrected chi connectivity index (χ3v) is 4.40. The van der Waals surface area contributed by atoms with Crippen LogP contribution in [0.1, 0.15) is 28.4 Å². The monoisotopic (exact) mass is 359 g/mol. The number of rotatable bonds is 9. The van der Waals surface area contributed by atoms with Gasteiger partial charge in [-0.25, -0.2) is 0 Å². The molecule has 0 aliphatic carbocycles. The van der Waals surface area contributed by atoms with Gasteiger partial charge in [0.1, 0.15) is 12.4 Å². The Morgan fingerprint density at radius 2 is 1.44 bits per heavy atom. The number of benzene rings is 3. The van der Waals surface area contributed by atoms with Crippen molar-refractivity contribution in [2.45, 2.75) is 19.4 Å². The second-order valence-corrected chi connectivity index (χ2v) is 6.61. The summed E-state index contributed by atoms with van der Waals surface area (Å²) in [5.74, 6) is 0.802. The van der Waals surface area contributed by atoms with E-state index < -0.39 is 0 Å². The van der Waals surface area contributed by atoms with Crippen LogP contribution in [-0.2, 0) is 6.42 Å². The minimum absolute atomic E-state index is 0.0264. The molecule has 0 saturated heterocycles. The predicted molar refractivity (Wildman–Crippen MR) is 109 cm³/mol. The summed E-state index contributed by atoms with van der Waals surface area (Å²) in [4.78, 5) is 12.4. The summed E-state index contributed by atoms with van der Waals surface area (Å²) in [5, 5.41) is 3.47. The number of hydrogen-bond acceptors (Lipinski definition) is 3. The van der Waals surface area contributed by atoms with E-state index in [0.717, 1.165) is 18.7 Å². The van der Waals surface area contributed by atoms with Crippen LogP contribution in [0, 0.1) is 0 Å². The average molecular weight is 359 g/mol. The summed E-state index contributed by atoms with van der Waals surface area (Å²) < 4.78 is 5.77. The Morgan fingerprint density at radius 1 is 0.852 bits per heavy atom. The molecule has 3 aromatic rings. The van der Waals surface area contributed by atoms with E-state index in [1.165, 1.54) is 5.56 Å². The first-order chi connectivity index (χ1) is 13.2. The molecule has 3 aromatic carbocycles. The summed E-state index contributed by atoms with van der Waals surface area (Å²) in [7, 11) is 0. The van der Waals surface area contributed by atoms with Crippen molar-refractivity contribution in [3.05, 3.63) is 102 Å². The van der Waals surface area contributed by atoms with Crippen LogP contribution in [0.15, 0.2) is 84.9 Å². The van der Waals surface area contributed by atoms with Crippen LogP contribution in [0.3, 0.4) is 0 Å². The number of carbonyl (C=O) groups excluding carboxylic acids is 1. The van der Waals surface area contributed by atoms with E-state index in [1.807, 2.05) is 60.7 Å². The Bertz CT molecular complexity index is 829. The van der Waals surface area contributed by atoms with Gasteiger partial charge in [0.05, 0.1) is 0 Å². The van der Waals surface area contributed by atoms with E-state index in [2.05, 4.69) is 36.5 Å². The van der Waals surface area contributed by atoms with Gasteiger partial charge in [0.25, 0.3) is 0 Å². The molecule has 3 heteroatoms. The van der Waals surface area contributed by atoms with Crippen molar-refractivity contribution < 1.29 is 9.53 Å². The predicted octanol–water partition coefficient (Wildman–Crippen LogP) is 4.52. The lowest BCUT2D eigenvalue weighted by Crippen LogP contribution is -2.31. The molecule has 3 rings (SSSR count). The average Bonchev–Trinajstić information content (AvgIpc) is 2.72. The molecule has 0 saturated carbocycles. The molecule has 0 fully saturated rings. The normalized spacial score (nSPS) is 11.7. The topological polar surface area (TPSA) is 38.3 Å². The highest BCUT2D eigenvalue weighted by Crippen LogP contribution is 2.15. The van der Waals surface area contributed by atoms with Gasteiger partial charge in [-0.2, -0.15) is 0 Å². The third-order valence-electron chi connectivity index (χ3n) is 4.40. The molecule has 1 unspecified atom stereocenters. The fourth-order valence-corrected chi connectivity index (χ4v) is 2.97. The fourth-order valence-electron chi connectivity index (χ4n) is 2.97. The molecule has 1 N–H and O–H groups in total. The van der Waals surface area contributed by atoms with Crippen LogP contribution in [0.4, 0.5) is 0 Å². The van der Waals surface area contributed by atoms with Crippen molar-refractivity contribution in [2.75, 3.05) is 13.2 Å². The molecule has 0 aliphatic rings. The highest BCUT2D eigenvalue weighted by atomic mass is 16.5. The fraction of sp³-hybridized carbons (Fsp3) is 0.208. The Labute approximate surface area is 161 Å². The molecule has 138 valence electrons. The maximum atomic E-state index is 12.4. The molecule has 27 heavy (non-hydrogen) atoms. The molecule has 0 bridgehead atoms. The summed E-state index contributed by atoms with van der Waals surface area (Å²) >= 11 is 0. The molecule has 0 heterocycles. The SMILES string of the molecule is CC(Cc1ccccc1)NCCOc1ccc(C(=O)c2ccccc2)cc1. The summed E-state index contributed by atoms with van der Waals surface area (Å²) in [6.07, 6.45) is 0.997. The van der Waals surface area contributed by atoms with Gasteiger partial charge in [0.15, 0.2) is 5.78 Å². The summed E-state index contributed by atoms with van der Waals surface area (Å²) in [6.45, 7) is 3.54. The molecule has 1 atom stereocenters. The Kier molecular flexibility index (Phi) is 6.78. The van der Waals surface area contributed by atoms with Crippen LogP contribution < -0.4 is 10.1 Å². The maximum Gasteiger partial charge on any atom is 0.193 e. The highest BCUT2D eigenvalue weighted by molar-refractivity contribution is 6.08. The van der Waals surface area contributed by atoms with Crippen LogP contribution in [0.2, 0.25) is 0 Å². The zero-order valence-corrected chi connectivity index (χ0v) is 15.6. The smallest absolute Gasteiger partial charge is 0.193 e. The second kappa shape index (κ2) is 9.70. The van der Waals surface area contributed by atoms with Gasteiger partial charge in [-0.1, -0.05) is 60.7 Å². The minimum atomic E-state index is 0.0264. The van der Waals surface area contributed by atoms with E-state index in [-0.39, 0.29) is 5.78 Å². The molecule has 3 nitrogen and oxygen atoms in total. The Hall–Kier alpha value is -2.91.